The lowest BCUT2D eigenvalue weighted by atomic mass is 10.3. The van der Waals surface area contributed by atoms with Crippen LogP contribution < -0.4 is 0 Å². The van der Waals surface area contributed by atoms with Crippen LogP contribution in [0.4, 0.5) is 13.2 Å². The van der Waals surface area contributed by atoms with Gasteiger partial charge in [-0.3, -0.25) is 0 Å². The van der Waals surface area contributed by atoms with Crippen molar-refractivity contribution in [3.8, 4) is 5.95 Å². The summed E-state index contributed by atoms with van der Waals surface area (Å²) in [6.45, 7) is 0. The SMILES string of the molecule is FC(F)(F)c1ccnc(-n2ncc3ccc(Br)cc32)n1. The van der Waals surface area contributed by atoms with E-state index in [4.69, 9.17) is 0 Å². The van der Waals surface area contributed by atoms with Gasteiger partial charge in [-0.15, -0.1) is 0 Å². The van der Waals surface area contributed by atoms with E-state index < -0.39 is 11.9 Å². The first-order chi connectivity index (χ1) is 9.45. The molecular weight excluding hydrogens is 337 g/mol. The van der Waals surface area contributed by atoms with Crippen LogP contribution >= 0.6 is 15.9 Å². The molecule has 2 heterocycles. The number of fused-ring (bicyclic) bond motifs is 1. The van der Waals surface area contributed by atoms with E-state index in [1.807, 2.05) is 6.07 Å². The second-order valence-electron chi connectivity index (χ2n) is 4.00. The van der Waals surface area contributed by atoms with Gasteiger partial charge in [0.1, 0.15) is 5.69 Å². The maximum Gasteiger partial charge on any atom is 0.433 e. The van der Waals surface area contributed by atoms with Crippen LogP contribution in [0.3, 0.4) is 0 Å². The number of hydrogen-bond donors (Lipinski definition) is 0. The monoisotopic (exact) mass is 342 g/mol. The summed E-state index contributed by atoms with van der Waals surface area (Å²) in [6, 6.07) is 6.19. The summed E-state index contributed by atoms with van der Waals surface area (Å²) in [5.74, 6) is -0.118. The molecule has 0 atom stereocenters. The average molecular weight is 343 g/mol. The van der Waals surface area contributed by atoms with Crippen LogP contribution in [0, 0.1) is 0 Å². The second-order valence-corrected chi connectivity index (χ2v) is 4.91. The van der Waals surface area contributed by atoms with Gasteiger partial charge < -0.3 is 0 Å². The first kappa shape index (κ1) is 13.0. The molecule has 0 unspecified atom stereocenters. The minimum Gasteiger partial charge on any atom is -0.220 e. The number of benzene rings is 1. The molecule has 4 nitrogen and oxygen atoms in total. The Hall–Kier alpha value is -1.96. The van der Waals surface area contributed by atoms with E-state index in [-0.39, 0.29) is 5.95 Å². The third kappa shape index (κ3) is 2.26. The van der Waals surface area contributed by atoms with Gasteiger partial charge in [0.25, 0.3) is 5.95 Å². The van der Waals surface area contributed by atoms with Gasteiger partial charge in [-0.1, -0.05) is 22.0 Å². The van der Waals surface area contributed by atoms with E-state index >= 15 is 0 Å². The first-order valence-corrected chi connectivity index (χ1v) is 6.28. The Kier molecular flexibility index (Phi) is 2.97. The smallest absolute Gasteiger partial charge is 0.220 e. The van der Waals surface area contributed by atoms with Crippen molar-refractivity contribution in [2.75, 3.05) is 0 Å². The molecule has 3 aromatic rings. The van der Waals surface area contributed by atoms with Gasteiger partial charge in [-0.25, -0.2) is 9.97 Å². The molecule has 0 aliphatic heterocycles. The van der Waals surface area contributed by atoms with E-state index in [2.05, 4.69) is 31.0 Å². The van der Waals surface area contributed by atoms with Gasteiger partial charge in [0, 0.05) is 16.1 Å². The number of aromatic nitrogens is 4. The summed E-state index contributed by atoms with van der Waals surface area (Å²) in [6.07, 6.45) is -1.90. The fraction of sp³-hybridized carbons (Fsp3) is 0.0833. The highest BCUT2D eigenvalue weighted by molar-refractivity contribution is 9.10. The normalized spacial score (nSPS) is 12.0. The molecule has 20 heavy (non-hydrogen) atoms. The molecule has 0 spiro atoms. The molecule has 2 aromatic heterocycles. The van der Waals surface area contributed by atoms with Crippen molar-refractivity contribution in [2.45, 2.75) is 6.18 Å². The number of rotatable bonds is 1. The molecule has 0 radical (unpaired) electrons. The van der Waals surface area contributed by atoms with Crippen molar-refractivity contribution in [1.82, 2.24) is 19.7 Å². The van der Waals surface area contributed by atoms with Crippen molar-refractivity contribution in [1.29, 1.82) is 0 Å². The lowest BCUT2D eigenvalue weighted by Gasteiger charge is -2.07. The molecule has 0 bridgehead atoms. The molecule has 0 fully saturated rings. The van der Waals surface area contributed by atoms with Crippen LogP contribution in [0.25, 0.3) is 16.9 Å². The Labute approximate surface area is 119 Å². The highest BCUT2D eigenvalue weighted by atomic mass is 79.9. The average Bonchev–Trinajstić information content (AvgIpc) is 2.81. The van der Waals surface area contributed by atoms with Crippen LogP contribution in [0.2, 0.25) is 0 Å². The van der Waals surface area contributed by atoms with Crippen molar-refractivity contribution < 1.29 is 13.2 Å². The fourth-order valence-corrected chi connectivity index (χ4v) is 2.11. The third-order valence-corrected chi connectivity index (χ3v) is 3.15. The molecule has 0 saturated carbocycles. The van der Waals surface area contributed by atoms with Crippen LogP contribution in [-0.4, -0.2) is 19.7 Å². The van der Waals surface area contributed by atoms with Gasteiger partial charge in [-0.05, 0) is 18.2 Å². The van der Waals surface area contributed by atoms with E-state index in [9.17, 15) is 13.2 Å². The Morgan fingerprint density at radius 2 is 1.95 bits per heavy atom. The Morgan fingerprint density at radius 1 is 1.15 bits per heavy atom. The molecule has 102 valence electrons. The van der Waals surface area contributed by atoms with E-state index in [0.29, 0.717) is 5.52 Å². The zero-order valence-corrected chi connectivity index (χ0v) is 11.4. The number of nitrogens with zero attached hydrogens (tertiary/aromatic N) is 4. The van der Waals surface area contributed by atoms with E-state index in [1.165, 1.54) is 4.68 Å². The maximum atomic E-state index is 12.7. The standard InChI is InChI=1S/C12H6BrF3N4/c13-8-2-1-7-6-18-20(9(7)5-8)11-17-4-3-10(19-11)12(14,15)16/h1-6H. The van der Waals surface area contributed by atoms with Crippen LogP contribution in [0.1, 0.15) is 5.69 Å². The fourth-order valence-electron chi connectivity index (χ4n) is 1.76. The topological polar surface area (TPSA) is 43.6 Å². The van der Waals surface area contributed by atoms with Crippen molar-refractivity contribution in [3.05, 3.63) is 46.8 Å². The highest BCUT2D eigenvalue weighted by Gasteiger charge is 2.33. The Morgan fingerprint density at radius 3 is 2.70 bits per heavy atom. The predicted octanol–water partition coefficient (Wildman–Crippen LogP) is 3.60. The van der Waals surface area contributed by atoms with Gasteiger partial charge in [0.05, 0.1) is 11.7 Å². The second kappa shape index (κ2) is 4.55. The summed E-state index contributed by atoms with van der Waals surface area (Å²) in [4.78, 5) is 7.36. The van der Waals surface area contributed by atoms with Gasteiger partial charge in [-0.2, -0.15) is 23.0 Å². The van der Waals surface area contributed by atoms with Gasteiger partial charge in [0.2, 0.25) is 0 Å². The largest absolute Gasteiger partial charge is 0.433 e. The summed E-state index contributed by atoms with van der Waals surface area (Å²) in [7, 11) is 0. The Balaban J connectivity index is 2.18. The zero-order chi connectivity index (χ0) is 14.3. The minimum absolute atomic E-state index is 0.118. The Bertz CT molecular complexity index is 782. The molecule has 0 amide bonds. The quantitative estimate of drug-likeness (QED) is 0.678. The minimum atomic E-state index is -4.51. The lowest BCUT2D eigenvalue weighted by Crippen LogP contribution is -2.12. The van der Waals surface area contributed by atoms with Crippen LogP contribution in [-0.2, 0) is 6.18 Å². The molecule has 1 aromatic carbocycles. The molecule has 0 saturated heterocycles. The number of halogens is 4. The number of hydrogen-bond acceptors (Lipinski definition) is 3. The maximum absolute atomic E-state index is 12.7. The predicted molar refractivity (Wildman–Crippen MR) is 69.4 cm³/mol. The molecule has 0 aliphatic rings. The van der Waals surface area contributed by atoms with Crippen LogP contribution in [0.15, 0.2) is 41.1 Å². The van der Waals surface area contributed by atoms with Crippen molar-refractivity contribution in [2.24, 2.45) is 0 Å². The lowest BCUT2D eigenvalue weighted by molar-refractivity contribution is -0.141. The van der Waals surface area contributed by atoms with E-state index in [0.717, 1.165) is 22.1 Å². The van der Waals surface area contributed by atoms with Crippen molar-refractivity contribution >= 4 is 26.8 Å². The summed E-state index contributed by atoms with van der Waals surface area (Å²) in [5, 5.41) is 4.82. The van der Waals surface area contributed by atoms with Crippen LogP contribution in [0.5, 0.6) is 0 Å². The third-order valence-electron chi connectivity index (χ3n) is 2.66. The molecule has 3 rings (SSSR count). The zero-order valence-electron chi connectivity index (χ0n) is 9.76. The first-order valence-electron chi connectivity index (χ1n) is 5.49. The summed E-state index contributed by atoms with van der Waals surface area (Å²) >= 11 is 3.31. The molecular formula is C12H6BrF3N4. The molecule has 8 heteroatoms. The molecule has 0 aliphatic carbocycles. The molecule has 0 N–H and O–H groups in total. The summed E-state index contributed by atoms with van der Waals surface area (Å²) in [5.41, 5.74) is -0.375. The van der Waals surface area contributed by atoms with Gasteiger partial charge >= 0.3 is 6.18 Å². The highest BCUT2D eigenvalue weighted by Crippen LogP contribution is 2.28. The van der Waals surface area contributed by atoms with E-state index in [1.54, 1.807) is 18.3 Å². The number of alkyl halides is 3. The summed E-state index contributed by atoms with van der Waals surface area (Å²) < 4.78 is 40.0. The van der Waals surface area contributed by atoms with Crippen molar-refractivity contribution in [3.63, 3.8) is 0 Å². The van der Waals surface area contributed by atoms with Gasteiger partial charge in [0.15, 0.2) is 0 Å².